The van der Waals surface area contributed by atoms with Crippen LogP contribution < -0.4 is 5.32 Å². The van der Waals surface area contributed by atoms with E-state index in [2.05, 4.69) is 21.2 Å². The maximum absolute atomic E-state index is 9.42. The molecule has 1 unspecified atom stereocenters. The third-order valence-corrected chi connectivity index (χ3v) is 2.35. The standard InChI is InChI=1S/C8H8BrNO/c9-5-1-2-7-6(3-5)8(11)4-10-7/h1-3,8,10-11H,4H2. The average molecular weight is 214 g/mol. The van der Waals surface area contributed by atoms with Crippen LogP contribution in [0.15, 0.2) is 22.7 Å². The number of hydrogen-bond acceptors (Lipinski definition) is 2. The van der Waals surface area contributed by atoms with Crippen molar-refractivity contribution in [2.75, 3.05) is 11.9 Å². The van der Waals surface area contributed by atoms with Gasteiger partial charge in [-0.15, -0.1) is 0 Å². The quantitative estimate of drug-likeness (QED) is 0.691. The zero-order valence-electron chi connectivity index (χ0n) is 5.84. The van der Waals surface area contributed by atoms with Gasteiger partial charge in [0, 0.05) is 22.3 Å². The zero-order chi connectivity index (χ0) is 7.84. The van der Waals surface area contributed by atoms with E-state index in [4.69, 9.17) is 0 Å². The molecule has 3 heteroatoms. The molecule has 0 spiro atoms. The molecule has 2 nitrogen and oxygen atoms in total. The summed E-state index contributed by atoms with van der Waals surface area (Å²) in [5.74, 6) is 0. The molecule has 1 heterocycles. The van der Waals surface area contributed by atoms with Crippen molar-refractivity contribution in [1.29, 1.82) is 0 Å². The Bertz CT molecular complexity index is 287. The fraction of sp³-hybridized carbons (Fsp3) is 0.250. The van der Waals surface area contributed by atoms with Gasteiger partial charge < -0.3 is 10.4 Å². The Kier molecular flexibility index (Phi) is 1.62. The van der Waals surface area contributed by atoms with Gasteiger partial charge in [0.15, 0.2) is 0 Å². The molecule has 0 aromatic heterocycles. The average Bonchev–Trinajstić information content (AvgIpc) is 2.33. The van der Waals surface area contributed by atoms with Crippen molar-refractivity contribution in [3.63, 3.8) is 0 Å². The lowest BCUT2D eigenvalue weighted by Gasteiger charge is -2.00. The molecule has 1 aromatic carbocycles. The molecule has 11 heavy (non-hydrogen) atoms. The zero-order valence-corrected chi connectivity index (χ0v) is 7.43. The highest BCUT2D eigenvalue weighted by molar-refractivity contribution is 9.10. The normalized spacial score (nSPS) is 21.1. The molecule has 1 aliphatic rings. The number of benzene rings is 1. The topological polar surface area (TPSA) is 32.3 Å². The van der Waals surface area contributed by atoms with Gasteiger partial charge in [0.05, 0.1) is 6.10 Å². The minimum absolute atomic E-state index is 0.345. The van der Waals surface area contributed by atoms with Crippen molar-refractivity contribution in [2.45, 2.75) is 6.10 Å². The Labute approximate surface area is 73.4 Å². The van der Waals surface area contributed by atoms with Crippen LogP contribution in [-0.2, 0) is 0 Å². The smallest absolute Gasteiger partial charge is 0.0982 e. The third kappa shape index (κ3) is 1.14. The number of aliphatic hydroxyl groups is 1. The van der Waals surface area contributed by atoms with Crippen LogP contribution in [-0.4, -0.2) is 11.7 Å². The van der Waals surface area contributed by atoms with Crippen LogP contribution in [0.4, 0.5) is 5.69 Å². The van der Waals surface area contributed by atoms with Crippen LogP contribution in [0.2, 0.25) is 0 Å². The summed E-state index contributed by atoms with van der Waals surface area (Å²) in [6, 6.07) is 5.87. The third-order valence-electron chi connectivity index (χ3n) is 1.86. The van der Waals surface area contributed by atoms with E-state index >= 15 is 0 Å². The van der Waals surface area contributed by atoms with Gasteiger partial charge in [0.1, 0.15) is 0 Å². The summed E-state index contributed by atoms with van der Waals surface area (Å²) in [5.41, 5.74) is 2.03. The minimum atomic E-state index is -0.345. The number of hydrogen-bond donors (Lipinski definition) is 2. The van der Waals surface area contributed by atoms with Gasteiger partial charge in [0.25, 0.3) is 0 Å². The van der Waals surface area contributed by atoms with E-state index in [0.717, 1.165) is 15.7 Å². The highest BCUT2D eigenvalue weighted by Gasteiger charge is 2.18. The second-order valence-electron chi connectivity index (χ2n) is 2.63. The molecule has 0 amide bonds. The van der Waals surface area contributed by atoms with Crippen molar-refractivity contribution in [2.24, 2.45) is 0 Å². The molecule has 1 aromatic rings. The summed E-state index contributed by atoms with van der Waals surface area (Å²) in [6.45, 7) is 0.631. The fourth-order valence-corrected chi connectivity index (χ4v) is 1.67. The Morgan fingerprint density at radius 3 is 3.18 bits per heavy atom. The maximum Gasteiger partial charge on any atom is 0.0982 e. The molecule has 1 atom stereocenters. The van der Waals surface area contributed by atoms with Crippen molar-refractivity contribution in [1.82, 2.24) is 0 Å². The van der Waals surface area contributed by atoms with Crippen molar-refractivity contribution < 1.29 is 5.11 Å². The van der Waals surface area contributed by atoms with Crippen LogP contribution in [0.1, 0.15) is 11.7 Å². The van der Waals surface area contributed by atoms with Crippen LogP contribution >= 0.6 is 15.9 Å². The first kappa shape index (κ1) is 7.13. The van der Waals surface area contributed by atoms with Crippen molar-refractivity contribution in [3.05, 3.63) is 28.2 Å². The van der Waals surface area contributed by atoms with E-state index in [9.17, 15) is 5.11 Å². The Hall–Kier alpha value is -0.540. The van der Waals surface area contributed by atoms with Crippen LogP contribution in [0.25, 0.3) is 0 Å². The number of nitrogens with one attached hydrogen (secondary N) is 1. The van der Waals surface area contributed by atoms with E-state index in [1.165, 1.54) is 0 Å². The molecule has 58 valence electrons. The SMILES string of the molecule is OC1CNc2ccc(Br)cc21. The van der Waals surface area contributed by atoms with E-state index in [1.54, 1.807) is 0 Å². The van der Waals surface area contributed by atoms with Gasteiger partial charge in [-0.05, 0) is 18.2 Å². The van der Waals surface area contributed by atoms with E-state index < -0.39 is 0 Å². The Morgan fingerprint density at radius 2 is 2.36 bits per heavy atom. The summed E-state index contributed by atoms with van der Waals surface area (Å²) < 4.78 is 1.01. The second kappa shape index (κ2) is 2.50. The number of aliphatic hydroxyl groups excluding tert-OH is 1. The lowest BCUT2D eigenvalue weighted by atomic mass is 10.1. The molecule has 0 aliphatic carbocycles. The van der Waals surface area contributed by atoms with Crippen LogP contribution in [0.5, 0.6) is 0 Å². The monoisotopic (exact) mass is 213 g/mol. The molecular formula is C8H8BrNO. The fourth-order valence-electron chi connectivity index (χ4n) is 1.29. The van der Waals surface area contributed by atoms with E-state index in [-0.39, 0.29) is 6.10 Å². The summed E-state index contributed by atoms with van der Waals surface area (Å²) in [4.78, 5) is 0. The molecule has 0 saturated heterocycles. The lowest BCUT2D eigenvalue weighted by molar-refractivity contribution is 0.199. The minimum Gasteiger partial charge on any atom is -0.386 e. The van der Waals surface area contributed by atoms with E-state index in [1.807, 2.05) is 18.2 Å². The molecule has 1 aliphatic heterocycles. The second-order valence-corrected chi connectivity index (χ2v) is 3.54. The van der Waals surface area contributed by atoms with E-state index in [0.29, 0.717) is 6.54 Å². The highest BCUT2D eigenvalue weighted by atomic mass is 79.9. The van der Waals surface area contributed by atoms with Crippen molar-refractivity contribution >= 4 is 21.6 Å². The van der Waals surface area contributed by atoms with Crippen LogP contribution in [0, 0.1) is 0 Å². The maximum atomic E-state index is 9.42. The van der Waals surface area contributed by atoms with Gasteiger partial charge in [-0.1, -0.05) is 15.9 Å². The summed E-state index contributed by atoms with van der Waals surface area (Å²) in [7, 11) is 0. The molecule has 0 radical (unpaired) electrons. The first-order valence-electron chi connectivity index (χ1n) is 3.49. The van der Waals surface area contributed by atoms with Crippen molar-refractivity contribution in [3.8, 4) is 0 Å². The largest absolute Gasteiger partial charge is 0.386 e. The van der Waals surface area contributed by atoms with Gasteiger partial charge in [0.2, 0.25) is 0 Å². The Balaban J connectivity index is 2.52. The lowest BCUT2D eigenvalue weighted by Crippen LogP contribution is -1.99. The number of anilines is 1. The predicted octanol–water partition coefficient (Wildman–Crippen LogP) is 1.91. The first-order chi connectivity index (χ1) is 5.27. The first-order valence-corrected chi connectivity index (χ1v) is 4.28. The molecular weight excluding hydrogens is 206 g/mol. The molecule has 0 bridgehead atoms. The van der Waals surface area contributed by atoms with Gasteiger partial charge >= 0.3 is 0 Å². The highest BCUT2D eigenvalue weighted by Crippen LogP contribution is 2.31. The van der Waals surface area contributed by atoms with Gasteiger partial charge in [-0.2, -0.15) is 0 Å². The molecule has 2 rings (SSSR count). The number of halogens is 1. The summed E-state index contributed by atoms with van der Waals surface area (Å²) in [6.07, 6.45) is -0.345. The number of β-amino-alcohol motifs (C(OH)–C–C–N with tert-alkyl or cyclic N) is 1. The number of fused-ring (bicyclic) bond motifs is 1. The Morgan fingerprint density at radius 1 is 1.55 bits per heavy atom. The number of rotatable bonds is 0. The van der Waals surface area contributed by atoms with Crippen LogP contribution in [0.3, 0.4) is 0 Å². The summed E-state index contributed by atoms with van der Waals surface area (Å²) in [5, 5.41) is 12.5. The molecule has 0 fully saturated rings. The van der Waals surface area contributed by atoms with Gasteiger partial charge in [-0.3, -0.25) is 0 Å². The molecule has 0 saturated carbocycles. The summed E-state index contributed by atoms with van der Waals surface area (Å²) >= 11 is 3.35. The molecule has 2 N–H and O–H groups in total. The predicted molar refractivity (Wildman–Crippen MR) is 47.6 cm³/mol. The van der Waals surface area contributed by atoms with Gasteiger partial charge in [-0.25, -0.2) is 0 Å².